The minimum atomic E-state index is -0.592. The SMILES string of the molecule is CC(C)C(C)N(C)C(=O)c1ccc(Cl)c([N+](=O)[O-])c1. The Bertz CT molecular complexity index is 503. The predicted molar refractivity (Wildman–Crippen MR) is 74.5 cm³/mol. The number of carbonyl (C=O) groups excluding carboxylic acids is 1. The summed E-state index contributed by atoms with van der Waals surface area (Å²) >= 11 is 5.72. The van der Waals surface area contributed by atoms with Gasteiger partial charge in [0, 0.05) is 24.7 Å². The molecule has 104 valence electrons. The van der Waals surface area contributed by atoms with Crippen LogP contribution >= 0.6 is 11.6 Å². The van der Waals surface area contributed by atoms with Crippen LogP contribution in [0.25, 0.3) is 0 Å². The van der Waals surface area contributed by atoms with E-state index in [1.807, 2.05) is 20.8 Å². The van der Waals surface area contributed by atoms with E-state index in [0.29, 0.717) is 5.92 Å². The Hall–Kier alpha value is -1.62. The van der Waals surface area contributed by atoms with E-state index in [4.69, 9.17) is 11.6 Å². The molecule has 1 unspecified atom stereocenters. The van der Waals surface area contributed by atoms with Gasteiger partial charge in [-0.1, -0.05) is 25.4 Å². The minimum absolute atomic E-state index is 0.0288. The maximum Gasteiger partial charge on any atom is 0.288 e. The number of halogens is 1. The van der Waals surface area contributed by atoms with Crippen LogP contribution in [0, 0.1) is 16.0 Å². The van der Waals surface area contributed by atoms with Gasteiger partial charge in [-0.2, -0.15) is 0 Å². The highest BCUT2D eigenvalue weighted by Crippen LogP contribution is 2.26. The second-order valence-electron chi connectivity index (χ2n) is 4.82. The number of nitro benzene ring substituents is 1. The van der Waals surface area contributed by atoms with Crippen LogP contribution in [-0.4, -0.2) is 28.8 Å². The molecule has 1 aromatic rings. The molecule has 0 spiro atoms. The third kappa shape index (κ3) is 3.44. The van der Waals surface area contributed by atoms with E-state index in [1.54, 1.807) is 11.9 Å². The highest BCUT2D eigenvalue weighted by Gasteiger charge is 2.22. The second-order valence-corrected chi connectivity index (χ2v) is 5.23. The van der Waals surface area contributed by atoms with Crippen molar-refractivity contribution in [1.29, 1.82) is 0 Å². The Morgan fingerprint density at radius 1 is 1.37 bits per heavy atom. The molecule has 1 rings (SSSR count). The largest absolute Gasteiger partial charge is 0.339 e. The molecule has 0 radical (unpaired) electrons. The summed E-state index contributed by atoms with van der Waals surface area (Å²) in [6.45, 7) is 5.96. The summed E-state index contributed by atoms with van der Waals surface area (Å²) in [4.78, 5) is 24.0. The van der Waals surface area contributed by atoms with Crippen LogP contribution in [0.1, 0.15) is 31.1 Å². The zero-order valence-corrected chi connectivity index (χ0v) is 12.1. The van der Waals surface area contributed by atoms with Crippen molar-refractivity contribution >= 4 is 23.2 Å². The molecular weight excluding hydrogens is 268 g/mol. The molecule has 0 fully saturated rings. The van der Waals surface area contributed by atoms with Crippen molar-refractivity contribution in [3.8, 4) is 0 Å². The average Bonchev–Trinajstić information content (AvgIpc) is 2.36. The maximum absolute atomic E-state index is 12.2. The van der Waals surface area contributed by atoms with Crippen LogP contribution in [0.3, 0.4) is 0 Å². The van der Waals surface area contributed by atoms with Crippen molar-refractivity contribution in [3.63, 3.8) is 0 Å². The van der Waals surface area contributed by atoms with E-state index < -0.39 is 4.92 Å². The number of rotatable bonds is 4. The third-order valence-electron chi connectivity index (χ3n) is 3.29. The molecule has 0 bridgehead atoms. The summed E-state index contributed by atoms with van der Waals surface area (Å²) in [5.74, 6) is 0.0530. The number of carbonyl (C=O) groups is 1. The zero-order valence-electron chi connectivity index (χ0n) is 11.4. The number of nitro groups is 1. The van der Waals surface area contributed by atoms with Gasteiger partial charge in [0.25, 0.3) is 11.6 Å². The molecule has 0 aliphatic heterocycles. The smallest absolute Gasteiger partial charge is 0.288 e. The molecule has 0 saturated carbocycles. The molecule has 6 heteroatoms. The van der Waals surface area contributed by atoms with Gasteiger partial charge in [-0.25, -0.2) is 0 Å². The van der Waals surface area contributed by atoms with Crippen LogP contribution in [-0.2, 0) is 0 Å². The highest BCUT2D eigenvalue weighted by atomic mass is 35.5. The summed E-state index contributed by atoms with van der Waals surface area (Å²) in [7, 11) is 1.69. The van der Waals surface area contributed by atoms with Crippen LogP contribution in [0.15, 0.2) is 18.2 Å². The molecule has 0 saturated heterocycles. The van der Waals surface area contributed by atoms with E-state index >= 15 is 0 Å². The van der Waals surface area contributed by atoms with Crippen molar-refractivity contribution in [1.82, 2.24) is 4.90 Å². The van der Waals surface area contributed by atoms with Gasteiger partial charge in [0.1, 0.15) is 5.02 Å². The lowest BCUT2D eigenvalue weighted by molar-refractivity contribution is -0.384. The number of benzene rings is 1. The van der Waals surface area contributed by atoms with Crippen LogP contribution in [0.5, 0.6) is 0 Å². The fourth-order valence-electron chi connectivity index (χ4n) is 1.62. The van der Waals surface area contributed by atoms with Crippen molar-refractivity contribution in [3.05, 3.63) is 38.9 Å². The van der Waals surface area contributed by atoms with E-state index in [0.717, 1.165) is 0 Å². The Balaban J connectivity index is 3.07. The van der Waals surface area contributed by atoms with E-state index in [9.17, 15) is 14.9 Å². The fourth-order valence-corrected chi connectivity index (χ4v) is 1.81. The normalized spacial score (nSPS) is 12.3. The third-order valence-corrected chi connectivity index (χ3v) is 3.61. The van der Waals surface area contributed by atoms with Gasteiger partial charge < -0.3 is 4.90 Å². The molecule has 0 aromatic heterocycles. The lowest BCUT2D eigenvalue weighted by atomic mass is 10.0. The Labute approximate surface area is 117 Å². The first-order valence-corrected chi connectivity index (χ1v) is 6.34. The number of nitrogens with zero attached hydrogens (tertiary/aromatic N) is 2. The Morgan fingerprint density at radius 3 is 2.42 bits per heavy atom. The summed E-state index contributed by atoms with van der Waals surface area (Å²) < 4.78 is 0. The van der Waals surface area contributed by atoms with Crippen molar-refractivity contribution in [2.24, 2.45) is 5.92 Å². The van der Waals surface area contributed by atoms with Crippen LogP contribution < -0.4 is 0 Å². The molecule has 0 aliphatic carbocycles. The quantitative estimate of drug-likeness (QED) is 0.629. The van der Waals surface area contributed by atoms with Gasteiger partial charge in [0.15, 0.2) is 0 Å². The highest BCUT2D eigenvalue weighted by molar-refractivity contribution is 6.32. The lowest BCUT2D eigenvalue weighted by Crippen LogP contribution is -2.38. The summed E-state index contributed by atoms with van der Waals surface area (Å²) in [5.41, 5.74) is 0.0178. The Kier molecular flexibility index (Phi) is 4.89. The maximum atomic E-state index is 12.2. The lowest BCUT2D eigenvalue weighted by Gasteiger charge is -2.28. The van der Waals surface area contributed by atoms with Gasteiger partial charge in [-0.05, 0) is 25.0 Å². The molecule has 1 atom stereocenters. The average molecular weight is 285 g/mol. The number of hydrogen-bond donors (Lipinski definition) is 0. The number of hydrogen-bond acceptors (Lipinski definition) is 3. The molecule has 0 aliphatic rings. The van der Waals surface area contributed by atoms with Gasteiger partial charge in [0.05, 0.1) is 4.92 Å². The van der Waals surface area contributed by atoms with Crippen LogP contribution in [0.4, 0.5) is 5.69 Å². The van der Waals surface area contributed by atoms with Crippen molar-refractivity contribution < 1.29 is 9.72 Å². The second kappa shape index (κ2) is 6.02. The van der Waals surface area contributed by atoms with E-state index in [2.05, 4.69) is 0 Å². The monoisotopic (exact) mass is 284 g/mol. The topological polar surface area (TPSA) is 63.5 Å². The summed E-state index contributed by atoms with van der Waals surface area (Å²) in [6.07, 6.45) is 0. The van der Waals surface area contributed by atoms with Gasteiger partial charge >= 0.3 is 0 Å². The van der Waals surface area contributed by atoms with Crippen molar-refractivity contribution in [2.75, 3.05) is 7.05 Å². The first-order chi connectivity index (χ1) is 8.75. The first kappa shape index (κ1) is 15.4. The van der Waals surface area contributed by atoms with Crippen LogP contribution in [0.2, 0.25) is 5.02 Å². The summed E-state index contributed by atoms with van der Waals surface area (Å²) in [6, 6.07) is 4.14. The van der Waals surface area contributed by atoms with Gasteiger partial charge in [-0.15, -0.1) is 0 Å². The van der Waals surface area contributed by atoms with Gasteiger partial charge in [-0.3, -0.25) is 14.9 Å². The van der Waals surface area contributed by atoms with E-state index in [1.165, 1.54) is 18.2 Å². The molecule has 1 aromatic carbocycles. The summed E-state index contributed by atoms with van der Waals surface area (Å²) in [5, 5.41) is 10.8. The first-order valence-electron chi connectivity index (χ1n) is 5.96. The standard InChI is InChI=1S/C13H17ClN2O3/c1-8(2)9(3)15(4)13(17)10-5-6-11(14)12(7-10)16(18)19/h5-9H,1-4H3. The predicted octanol–water partition coefficient (Wildman–Crippen LogP) is 3.36. The van der Waals surface area contributed by atoms with E-state index in [-0.39, 0.29) is 28.2 Å². The molecular formula is C13H17ClN2O3. The molecule has 19 heavy (non-hydrogen) atoms. The fraction of sp³-hybridized carbons (Fsp3) is 0.462. The van der Waals surface area contributed by atoms with Crippen molar-refractivity contribution in [2.45, 2.75) is 26.8 Å². The molecule has 1 amide bonds. The van der Waals surface area contributed by atoms with Gasteiger partial charge in [0.2, 0.25) is 0 Å². The molecule has 0 heterocycles. The molecule has 0 N–H and O–H groups in total. The Morgan fingerprint density at radius 2 is 1.95 bits per heavy atom. The minimum Gasteiger partial charge on any atom is -0.339 e. The molecule has 5 nitrogen and oxygen atoms in total. The zero-order chi connectivity index (χ0) is 14.7. The number of amides is 1.